The van der Waals surface area contributed by atoms with E-state index in [9.17, 15) is 0 Å². The zero-order valence-electron chi connectivity index (χ0n) is 12.8. The maximum absolute atomic E-state index is 5.74. The first-order chi connectivity index (χ1) is 10.2. The van der Waals surface area contributed by atoms with E-state index >= 15 is 0 Å². The molecule has 0 unspecified atom stereocenters. The van der Waals surface area contributed by atoms with Crippen LogP contribution >= 0.6 is 0 Å². The molecule has 2 rings (SSSR count). The fourth-order valence-corrected chi connectivity index (χ4v) is 1.94. The molecule has 0 saturated heterocycles. The first-order valence-corrected chi connectivity index (χ1v) is 7.28. The molecule has 0 N–H and O–H groups in total. The molecule has 0 atom stereocenters. The first-order valence-electron chi connectivity index (χ1n) is 7.28. The van der Waals surface area contributed by atoms with Crippen LogP contribution in [0.15, 0.2) is 54.6 Å². The topological polar surface area (TPSA) is 21.7 Å². The van der Waals surface area contributed by atoms with Crippen molar-refractivity contribution in [1.82, 2.24) is 4.90 Å². The number of hydrogen-bond donors (Lipinski definition) is 0. The fourth-order valence-electron chi connectivity index (χ4n) is 1.94. The Labute approximate surface area is 127 Å². The predicted molar refractivity (Wildman–Crippen MR) is 85.9 cm³/mol. The van der Waals surface area contributed by atoms with E-state index in [0.717, 1.165) is 31.1 Å². The van der Waals surface area contributed by atoms with Crippen LogP contribution in [0.25, 0.3) is 0 Å². The Morgan fingerprint density at radius 3 is 2.05 bits per heavy atom. The highest BCUT2D eigenvalue weighted by Gasteiger charge is 1.98. The molecule has 0 heterocycles. The van der Waals surface area contributed by atoms with Crippen molar-refractivity contribution in [3.63, 3.8) is 0 Å². The van der Waals surface area contributed by atoms with E-state index in [1.807, 2.05) is 42.5 Å². The van der Waals surface area contributed by atoms with E-state index in [1.54, 1.807) is 0 Å². The van der Waals surface area contributed by atoms with Gasteiger partial charge in [0.05, 0.1) is 6.61 Å². The average Bonchev–Trinajstić information content (AvgIpc) is 2.51. The van der Waals surface area contributed by atoms with Crippen molar-refractivity contribution >= 4 is 0 Å². The first kappa shape index (κ1) is 15.4. The van der Waals surface area contributed by atoms with Crippen LogP contribution < -0.4 is 9.47 Å². The predicted octanol–water partition coefficient (Wildman–Crippen LogP) is 3.60. The summed E-state index contributed by atoms with van der Waals surface area (Å²) >= 11 is 0. The van der Waals surface area contributed by atoms with Crippen LogP contribution in [0.5, 0.6) is 11.5 Å². The summed E-state index contributed by atoms with van der Waals surface area (Å²) in [5, 5.41) is 0. The van der Waals surface area contributed by atoms with Crippen LogP contribution in [-0.2, 0) is 6.61 Å². The molecule has 0 saturated carbocycles. The highest BCUT2D eigenvalue weighted by atomic mass is 16.5. The molecule has 0 amide bonds. The number of hydrogen-bond acceptors (Lipinski definition) is 3. The maximum atomic E-state index is 5.74. The van der Waals surface area contributed by atoms with Crippen LogP contribution in [0.2, 0.25) is 0 Å². The molecule has 0 aliphatic carbocycles. The minimum Gasteiger partial charge on any atom is -0.494 e. The van der Waals surface area contributed by atoms with Crippen LogP contribution in [0.3, 0.4) is 0 Å². The van der Waals surface area contributed by atoms with Crippen LogP contribution in [0.4, 0.5) is 0 Å². The monoisotopic (exact) mass is 285 g/mol. The Bertz CT molecular complexity index is 509. The van der Waals surface area contributed by atoms with E-state index in [4.69, 9.17) is 9.47 Å². The third kappa shape index (κ3) is 5.88. The number of ether oxygens (including phenoxy) is 2. The SMILES string of the molecule is CN(C)CCCOc1ccc(OCc2ccccc2)cc1. The molecular weight excluding hydrogens is 262 g/mol. The lowest BCUT2D eigenvalue weighted by atomic mass is 10.2. The van der Waals surface area contributed by atoms with Crippen molar-refractivity contribution in [2.24, 2.45) is 0 Å². The summed E-state index contributed by atoms with van der Waals surface area (Å²) in [5.74, 6) is 1.75. The Morgan fingerprint density at radius 1 is 0.810 bits per heavy atom. The molecule has 3 nitrogen and oxygen atoms in total. The van der Waals surface area contributed by atoms with E-state index in [-0.39, 0.29) is 0 Å². The van der Waals surface area contributed by atoms with E-state index < -0.39 is 0 Å². The van der Waals surface area contributed by atoms with Gasteiger partial charge in [-0.05, 0) is 50.3 Å². The summed E-state index contributed by atoms with van der Waals surface area (Å²) in [4.78, 5) is 2.16. The fraction of sp³-hybridized carbons (Fsp3) is 0.333. The van der Waals surface area contributed by atoms with Gasteiger partial charge in [-0.1, -0.05) is 30.3 Å². The number of rotatable bonds is 8. The Kier molecular flexibility index (Phi) is 6.10. The van der Waals surface area contributed by atoms with Crippen molar-refractivity contribution in [3.8, 4) is 11.5 Å². The summed E-state index contributed by atoms with van der Waals surface area (Å²) in [6.45, 7) is 2.37. The highest BCUT2D eigenvalue weighted by Crippen LogP contribution is 2.18. The Balaban J connectivity index is 1.74. The molecule has 0 aliphatic heterocycles. The van der Waals surface area contributed by atoms with Crippen molar-refractivity contribution in [1.29, 1.82) is 0 Å². The number of nitrogens with zero attached hydrogens (tertiary/aromatic N) is 1. The third-order valence-corrected chi connectivity index (χ3v) is 3.09. The lowest BCUT2D eigenvalue weighted by Gasteiger charge is -2.11. The minimum atomic E-state index is 0.587. The molecular formula is C18H23NO2. The molecule has 0 aliphatic rings. The Hall–Kier alpha value is -2.00. The van der Waals surface area contributed by atoms with Crippen LogP contribution in [-0.4, -0.2) is 32.1 Å². The molecule has 2 aromatic rings. The minimum absolute atomic E-state index is 0.587. The molecule has 0 fully saturated rings. The standard InChI is InChI=1S/C18H23NO2/c1-19(2)13-6-14-20-17-9-11-18(12-10-17)21-15-16-7-4-3-5-8-16/h3-5,7-12H,6,13-15H2,1-2H3. The summed E-state index contributed by atoms with van der Waals surface area (Å²) in [5.41, 5.74) is 1.17. The molecule has 112 valence electrons. The lowest BCUT2D eigenvalue weighted by molar-refractivity contribution is 0.279. The normalized spacial score (nSPS) is 10.6. The van der Waals surface area contributed by atoms with Gasteiger partial charge in [0.2, 0.25) is 0 Å². The van der Waals surface area contributed by atoms with E-state index in [2.05, 4.69) is 31.1 Å². The number of benzene rings is 2. The maximum Gasteiger partial charge on any atom is 0.120 e. The van der Waals surface area contributed by atoms with Gasteiger partial charge >= 0.3 is 0 Å². The summed E-state index contributed by atoms with van der Waals surface area (Å²) in [6, 6.07) is 18.0. The van der Waals surface area contributed by atoms with Gasteiger partial charge in [0.25, 0.3) is 0 Å². The molecule has 0 bridgehead atoms. The van der Waals surface area contributed by atoms with Crippen LogP contribution in [0.1, 0.15) is 12.0 Å². The Morgan fingerprint density at radius 2 is 1.43 bits per heavy atom. The average molecular weight is 285 g/mol. The lowest BCUT2D eigenvalue weighted by Crippen LogP contribution is -2.15. The van der Waals surface area contributed by atoms with E-state index in [0.29, 0.717) is 6.61 Å². The summed E-state index contributed by atoms with van der Waals surface area (Å²) < 4.78 is 11.4. The van der Waals surface area contributed by atoms with Gasteiger partial charge in [-0.25, -0.2) is 0 Å². The van der Waals surface area contributed by atoms with Gasteiger partial charge in [0.1, 0.15) is 18.1 Å². The second-order valence-electron chi connectivity index (χ2n) is 5.25. The zero-order chi connectivity index (χ0) is 14.9. The van der Waals surface area contributed by atoms with Gasteiger partial charge in [-0.3, -0.25) is 0 Å². The quantitative estimate of drug-likeness (QED) is 0.692. The molecule has 3 heteroatoms. The largest absolute Gasteiger partial charge is 0.494 e. The molecule has 0 aromatic heterocycles. The summed E-state index contributed by atoms with van der Waals surface area (Å²) in [7, 11) is 4.14. The van der Waals surface area contributed by atoms with Crippen molar-refractivity contribution in [3.05, 3.63) is 60.2 Å². The smallest absolute Gasteiger partial charge is 0.120 e. The van der Waals surface area contributed by atoms with Gasteiger partial charge in [0.15, 0.2) is 0 Å². The highest BCUT2D eigenvalue weighted by molar-refractivity contribution is 5.31. The zero-order valence-corrected chi connectivity index (χ0v) is 12.8. The van der Waals surface area contributed by atoms with Gasteiger partial charge in [-0.2, -0.15) is 0 Å². The second-order valence-corrected chi connectivity index (χ2v) is 5.25. The molecule has 2 aromatic carbocycles. The van der Waals surface area contributed by atoms with E-state index in [1.165, 1.54) is 5.56 Å². The molecule has 0 spiro atoms. The molecule has 21 heavy (non-hydrogen) atoms. The van der Waals surface area contributed by atoms with Crippen molar-refractivity contribution in [2.75, 3.05) is 27.2 Å². The van der Waals surface area contributed by atoms with Gasteiger partial charge < -0.3 is 14.4 Å². The van der Waals surface area contributed by atoms with Crippen molar-refractivity contribution in [2.45, 2.75) is 13.0 Å². The van der Waals surface area contributed by atoms with Crippen LogP contribution in [0, 0.1) is 0 Å². The van der Waals surface area contributed by atoms with Gasteiger partial charge in [0, 0.05) is 6.54 Å². The summed E-state index contributed by atoms with van der Waals surface area (Å²) in [6.07, 6.45) is 1.03. The second kappa shape index (κ2) is 8.32. The third-order valence-electron chi connectivity index (χ3n) is 3.09. The molecule has 0 radical (unpaired) electrons. The van der Waals surface area contributed by atoms with Crippen molar-refractivity contribution < 1.29 is 9.47 Å². The van der Waals surface area contributed by atoms with Gasteiger partial charge in [-0.15, -0.1) is 0 Å².